The van der Waals surface area contributed by atoms with Gasteiger partial charge >= 0.3 is 0 Å². The number of non-ortho nitro benzene ring substituents is 1. The molecule has 0 fully saturated rings. The maximum atomic E-state index is 12.8. The average molecular weight is 385 g/mol. The van der Waals surface area contributed by atoms with Gasteiger partial charge in [0.1, 0.15) is 5.69 Å². The third-order valence-electron chi connectivity index (χ3n) is 4.37. The number of benzene rings is 2. The van der Waals surface area contributed by atoms with Gasteiger partial charge in [0, 0.05) is 41.0 Å². The highest BCUT2D eigenvalue weighted by Crippen LogP contribution is 2.34. The first-order valence-corrected chi connectivity index (χ1v) is 8.72. The van der Waals surface area contributed by atoms with Gasteiger partial charge in [0.05, 0.1) is 11.1 Å². The summed E-state index contributed by atoms with van der Waals surface area (Å²) in [6.07, 6.45) is 4.76. The summed E-state index contributed by atoms with van der Waals surface area (Å²) in [5, 5.41) is 15.8. The minimum Gasteiger partial charge on any atom is -0.350 e. The van der Waals surface area contributed by atoms with Crippen LogP contribution in [0, 0.1) is 10.1 Å². The maximum absolute atomic E-state index is 12.8. The molecule has 2 heterocycles. The van der Waals surface area contributed by atoms with Gasteiger partial charge in [0.15, 0.2) is 0 Å². The lowest BCUT2D eigenvalue weighted by Crippen LogP contribution is -2.18. The van der Waals surface area contributed by atoms with E-state index in [0.717, 1.165) is 11.1 Å². The van der Waals surface area contributed by atoms with Crippen LogP contribution in [0.5, 0.6) is 0 Å². The molecule has 0 bridgehead atoms. The van der Waals surface area contributed by atoms with Crippen molar-refractivity contribution in [2.24, 2.45) is 5.10 Å². The number of nitrogens with one attached hydrogen (secondary N) is 2. The summed E-state index contributed by atoms with van der Waals surface area (Å²) in [5.74, 6) is -0.451. The van der Waals surface area contributed by atoms with Crippen LogP contribution < -0.4 is 5.43 Å². The van der Waals surface area contributed by atoms with E-state index in [1.54, 1.807) is 30.6 Å². The molecule has 2 aromatic heterocycles. The number of carbonyl (C=O) groups excluding carboxylic acids is 1. The zero-order valence-electron chi connectivity index (χ0n) is 15.1. The first-order chi connectivity index (χ1) is 14.1. The Morgan fingerprint density at radius 3 is 2.59 bits per heavy atom. The highest BCUT2D eigenvalue weighted by molar-refractivity contribution is 6.10. The van der Waals surface area contributed by atoms with E-state index in [2.05, 4.69) is 20.5 Å². The number of aromatic amines is 1. The number of H-pyrrole nitrogens is 1. The second kappa shape index (κ2) is 7.73. The van der Waals surface area contributed by atoms with Gasteiger partial charge in [-0.15, -0.1) is 0 Å². The number of amides is 1. The standard InChI is InChI=1S/C21H15N5O3/c27-21(25-23-13-14-8-10-22-11-9-14)20-19(15-4-2-1-3-5-15)17-12-16(26(28)29)6-7-18(17)24-20/h1-13,24H,(H,25,27)/b23-13-. The van der Waals surface area contributed by atoms with Gasteiger partial charge in [0.2, 0.25) is 0 Å². The molecule has 0 saturated carbocycles. The normalized spacial score (nSPS) is 11.0. The topological polar surface area (TPSA) is 113 Å². The number of nitrogens with zero attached hydrogens (tertiary/aromatic N) is 3. The quantitative estimate of drug-likeness (QED) is 0.308. The van der Waals surface area contributed by atoms with E-state index in [1.807, 2.05) is 30.3 Å². The van der Waals surface area contributed by atoms with Crippen LogP contribution in [0.3, 0.4) is 0 Å². The molecule has 1 amide bonds. The van der Waals surface area contributed by atoms with E-state index in [4.69, 9.17) is 0 Å². The molecule has 0 unspecified atom stereocenters. The smallest absolute Gasteiger partial charge is 0.288 e. The number of pyridine rings is 1. The summed E-state index contributed by atoms with van der Waals surface area (Å²) in [4.78, 5) is 30.5. The van der Waals surface area contributed by atoms with Crippen LogP contribution in [-0.2, 0) is 0 Å². The molecule has 4 rings (SSSR count). The Balaban J connectivity index is 1.76. The Hall–Kier alpha value is -4.33. The Morgan fingerprint density at radius 2 is 1.86 bits per heavy atom. The van der Waals surface area contributed by atoms with Crippen molar-refractivity contribution in [3.63, 3.8) is 0 Å². The van der Waals surface area contributed by atoms with Gasteiger partial charge in [-0.25, -0.2) is 5.43 Å². The average Bonchev–Trinajstić information content (AvgIpc) is 3.14. The van der Waals surface area contributed by atoms with Gasteiger partial charge in [-0.1, -0.05) is 30.3 Å². The second-order valence-electron chi connectivity index (χ2n) is 6.21. The predicted molar refractivity (Wildman–Crippen MR) is 110 cm³/mol. The number of rotatable bonds is 5. The van der Waals surface area contributed by atoms with E-state index >= 15 is 0 Å². The maximum Gasteiger partial charge on any atom is 0.288 e. The van der Waals surface area contributed by atoms with Crippen molar-refractivity contribution in [1.82, 2.24) is 15.4 Å². The number of hydrogen-bond donors (Lipinski definition) is 2. The molecule has 0 atom stereocenters. The van der Waals surface area contributed by atoms with Gasteiger partial charge in [-0.2, -0.15) is 5.10 Å². The summed E-state index contributed by atoms with van der Waals surface area (Å²) in [7, 11) is 0. The first-order valence-electron chi connectivity index (χ1n) is 8.72. The number of hydrogen-bond acceptors (Lipinski definition) is 5. The van der Waals surface area contributed by atoms with Crippen LogP contribution in [-0.4, -0.2) is 27.0 Å². The van der Waals surface area contributed by atoms with Gasteiger partial charge in [-0.3, -0.25) is 19.9 Å². The molecule has 0 aliphatic carbocycles. The highest BCUT2D eigenvalue weighted by atomic mass is 16.6. The Labute approximate surface area is 165 Å². The molecule has 8 nitrogen and oxygen atoms in total. The summed E-state index contributed by atoms with van der Waals surface area (Å²) in [6.45, 7) is 0. The van der Waals surface area contributed by atoms with Crippen molar-refractivity contribution in [3.05, 3.63) is 94.4 Å². The molecule has 0 radical (unpaired) electrons. The largest absolute Gasteiger partial charge is 0.350 e. The van der Waals surface area contributed by atoms with Crippen molar-refractivity contribution in [2.45, 2.75) is 0 Å². The fourth-order valence-corrected chi connectivity index (χ4v) is 3.04. The molecule has 0 aliphatic heterocycles. The highest BCUT2D eigenvalue weighted by Gasteiger charge is 2.21. The molecule has 8 heteroatoms. The Morgan fingerprint density at radius 1 is 1.10 bits per heavy atom. The van der Waals surface area contributed by atoms with Crippen molar-refractivity contribution in [1.29, 1.82) is 0 Å². The van der Waals surface area contributed by atoms with Crippen molar-refractivity contribution in [2.75, 3.05) is 0 Å². The van der Waals surface area contributed by atoms with Gasteiger partial charge in [-0.05, 0) is 29.3 Å². The van der Waals surface area contributed by atoms with E-state index in [1.165, 1.54) is 18.3 Å². The van der Waals surface area contributed by atoms with Gasteiger partial charge < -0.3 is 4.98 Å². The van der Waals surface area contributed by atoms with Gasteiger partial charge in [0.25, 0.3) is 11.6 Å². The number of nitro benzene ring substituents is 1. The predicted octanol–water partition coefficient (Wildman–Crippen LogP) is 3.90. The molecule has 142 valence electrons. The van der Waals surface area contributed by atoms with Crippen molar-refractivity contribution < 1.29 is 9.72 Å². The fourth-order valence-electron chi connectivity index (χ4n) is 3.04. The zero-order chi connectivity index (χ0) is 20.2. The molecule has 2 N–H and O–H groups in total. The van der Waals surface area contributed by atoms with Crippen LogP contribution >= 0.6 is 0 Å². The van der Waals surface area contributed by atoms with Crippen molar-refractivity contribution in [3.8, 4) is 11.1 Å². The van der Waals surface area contributed by atoms with Crippen molar-refractivity contribution >= 4 is 28.7 Å². The molecule has 2 aromatic carbocycles. The lowest BCUT2D eigenvalue weighted by Gasteiger charge is -2.04. The summed E-state index contributed by atoms with van der Waals surface area (Å²) in [6, 6.07) is 17.2. The molecular formula is C21H15N5O3. The summed E-state index contributed by atoms with van der Waals surface area (Å²) in [5.41, 5.74) is 5.49. The lowest BCUT2D eigenvalue weighted by molar-refractivity contribution is -0.384. The van der Waals surface area contributed by atoms with Crippen LogP contribution in [0.4, 0.5) is 5.69 Å². The second-order valence-corrected chi connectivity index (χ2v) is 6.21. The SMILES string of the molecule is O=C(N/N=C\c1ccncc1)c1[nH]c2ccc([N+](=O)[O-])cc2c1-c1ccccc1. The molecule has 0 aliphatic rings. The van der Waals surface area contributed by atoms with Crippen LogP contribution in [0.15, 0.2) is 78.2 Å². The minimum absolute atomic E-state index is 0.0450. The molecule has 0 saturated heterocycles. The number of aromatic nitrogens is 2. The van der Waals surface area contributed by atoms with E-state index in [0.29, 0.717) is 16.5 Å². The first kappa shape index (κ1) is 18.1. The fraction of sp³-hybridized carbons (Fsp3) is 0. The number of fused-ring (bicyclic) bond motifs is 1. The monoisotopic (exact) mass is 385 g/mol. The number of hydrazone groups is 1. The van der Waals surface area contributed by atoms with Crippen LogP contribution in [0.2, 0.25) is 0 Å². The minimum atomic E-state index is -0.458. The van der Waals surface area contributed by atoms with Crippen LogP contribution in [0.25, 0.3) is 22.0 Å². The molecule has 4 aromatic rings. The third-order valence-corrected chi connectivity index (χ3v) is 4.37. The lowest BCUT2D eigenvalue weighted by atomic mass is 10.0. The Kier molecular flexibility index (Phi) is 4.81. The molecule has 29 heavy (non-hydrogen) atoms. The zero-order valence-corrected chi connectivity index (χ0v) is 15.1. The van der Waals surface area contributed by atoms with E-state index in [-0.39, 0.29) is 11.4 Å². The van der Waals surface area contributed by atoms with Crippen LogP contribution in [0.1, 0.15) is 16.1 Å². The molecule has 0 spiro atoms. The van der Waals surface area contributed by atoms with E-state index < -0.39 is 10.8 Å². The summed E-state index contributed by atoms with van der Waals surface area (Å²) < 4.78 is 0. The molecular weight excluding hydrogens is 370 g/mol. The third kappa shape index (κ3) is 3.72. The summed E-state index contributed by atoms with van der Waals surface area (Å²) >= 11 is 0. The Bertz CT molecular complexity index is 1220. The number of nitro groups is 1. The number of carbonyl (C=O) groups is 1. The van der Waals surface area contributed by atoms with E-state index in [9.17, 15) is 14.9 Å².